The number of hydrogen-bond donors (Lipinski definition) is 1. The zero-order chi connectivity index (χ0) is 13.1. The molecule has 0 aromatic heterocycles. The van der Waals surface area contributed by atoms with Crippen LogP contribution in [0.5, 0.6) is 0 Å². The highest BCUT2D eigenvalue weighted by molar-refractivity contribution is 5.82. The third-order valence-corrected chi connectivity index (χ3v) is 3.77. The van der Waals surface area contributed by atoms with Gasteiger partial charge in [-0.3, -0.25) is 0 Å². The van der Waals surface area contributed by atoms with E-state index < -0.39 is 0 Å². The van der Waals surface area contributed by atoms with Gasteiger partial charge in [-0.05, 0) is 42.3 Å². The summed E-state index contributed by atoms with van der Waals surface area (Å²) in [6.07, 6.45) is 2.74. The van der Waals surface area contributed by atoms with Gasteiger partial charge in [0.05, 0.1) is 0 Å². The van der Waals surface area contributed by atoms with Crippen LogP contribution in [-0.2, 0) is 6.54 Å². The Kier molecular flexibility index (Phi) is 3.81. The summed E-state index contributed by atoms with van der Waals surface area (Å²) < 4.78 is 0. The SMILES string of the molecule is CN(CCNC1CC1)Cc1ccc2ccccc2c1. The van der Waals surface area contributed by atoms with Gasteiger partial charge in [-0.15, -0.1) is 0 Å². The standard InChI is InChI=1S/C17H22N2/c1-19(11-10-18-17-8-9-17)13-14-6-7-15-4-2-3-5-16(15)12-14/h2-7,12,17-18H,8-11,13H2,1H3. The lowest BCUT2D eigenvalue weighted by Gasteiger charge is -2.17. The molecule has 1 aliphatic rings. The lowest BCUT2D eigenvalue weighted by Crippen LogP contribution is -2.30. The number of likely N-dealkylation sites (N-methyl/N-ethyl adjacent to an activating group) is 1. The Hall–Kier alpha value is -1.38. The molecule has 19 heavy (non-hydrogen) atoms. The van der Waals surface area contributed by atoms with E-state index in [-0.39, 0.29) is 0 Å². The lowest BCUT2D eigenvalue weighted by molar-refractivity contribution is 0.324. The van der Waals surface area contributed by atoms with Crippen molar-refractivity contribution in [3.05, 3.63) is 48.0 Å². The Morgan fingerprint density at radius 2 is 1.89 bits per heavy atom. The summed E-state index contributed by atoms with van der Waals surface area (Å²) in [6.45, 7) is 3.25. The van der Waals surface area contributed by atoms with E-state index in [1.54, 1.807) is 0 Å². The fourth-order valence-electron chi connectivity index (χ4n) is 2.47. The van der Waals surface area contributed by atoms with E-state index in [0.29, 0.717) is 0 Å². The molecule has 1 aliphatic carbocycles. The van der Waals surface area contributed by atoms with Gasteiger partial charge < -0.3 is 10.2 Å². The number of nitrogens with zero attached hydrogens (tertiary/aromatic N) is 1. The minimum Gasteiger partial charge on any atom is -0.313 e. The molecule has 0 radical (unpaired) electrons. The molecule has 0 saturated heterocycles. The van der Waals surface area contributed by atoms with Crippen LogP contribution in [0.4, 0.5) is 0 Å². The first-order valence-corrected chi connectivity index (χ1v) is 7.21. The Morgan fingerprint density at radius 1 is 1.11 bits per heavy atom. The van der Waals surface area contributed by atoms with Crippen LogP contribution in [0.2, 0.25) is 0 Å². The zero-order valence-electron chi connectivity index (χ0n) is 11.6. The van der Waals surface area contributed by atoms with E-state index in [0.717, 1.165) is 25.7 Å². The Balaban J connectivity index is 1.57. The summed E-state index contributed by atoms with van der Waals surface area (Å²) in [4.78, 5) is 2.39. The fourth-order valence-corrected chi connectivity index (χ4v) is 2.47. The lowest BCUT2D eigenvalue weighted by atomic mass is 10.1. The van der Waals surface area contributed by atoms with Gasteiger partial charge in [-0.2, -0.15) is 0 Å². The molecule has 0 unspecified atom stereocenters. The molecule has 0 amide bonds. The van der Waals surface area contributed by atoms with Gasteiger partial charge in [0.1, 0.15) is 0 Å². The van der Waals surface area contributed by atoms with Gasteiger partial charge in [0.15, 0.2) is 0 Å². The maximum atomic E-state index is 3.56. The third kappa shape index (κ3) is 3.55. The van der Waals surface area contributed by atoms with Crippen molar-refractivity contribution in [3.63, 3.8) is 0 Å². The summed E-state index contributed by atoms with van der Waals surface area (Å²) in [5.41, 5.74) is 1.40. The van der Waals surface area contributed by atoms with E-state index in [2.05, 4.69) is 59.7 Å². The molecule has 2 aromatic carbocycles. The zero-order valence-corrected chi connectivity index (χ0v) is 11.6. The Labute approximate surface area is 115 Å². The van der Waals surface area contributed by atoms with Crippen molar-refractivity contribution in [3.8, 4) is 0 Å². The molecule has 0 spiro atoms. The number of nitrogens with one attached hydrogen (secondary N) is 1. The van der Waals surface area contributed by atoms with Crippen molar-refractivity contribution in [2.45, 2.75) is 25.4 Å². The second-order valence-corrected chi connectivity index (χ2v) is 5.65. The van der Waals surface area contributed by atoms with Crippen LogP contribution in [0.3, 0.4) is 0 Å². The number of rotatable bonds is 6. The van der Waals surface area contributed by atoms with Crippen molar-refractivity contribution in [1.29, 1.82) is 0 Å². The maximum Gasteiger partial charge on any atom is 0.0231 e. The van der Waals surface area contributed by atoms with Crippen LogP contribution in [0.1, 0.15) is 18.4 Å². The first kappa shape index (κ1) is 12.6. The molecule has 0 atom stereocenters. The van der Waals surface area contributed by atoms with Gasteiger partial charge in [0.25, 0.3) is 0 Å². The van der Waals surface area contributed by atoms with Crippen molar-refractivity contribution in [2.75, 3.05) is 20.1 Å². The highest BCUT2D eigenvalue weighted by Gasteiger charge is 2.19. The molecular formula is C17H22N2. The van der Waals surface area contributed by atoms with Crippen LogP contribution in [0.15, 0.2) is 42.5 Å². The fraction of sp³-hybridized carbons (Fsp3) is 0.412. The van der Waals surface area contributed by atoms with Gasteiger partial charge in [-0.25, -0.2) is 0 Å². The van der Waals surface area contributed by atoms with Gasteiger partial charge in [0, 0.05) is 25.7 Å². The number of benzene rings is 2. The van der Waals surface area contributed by atoms with E-state index in [1.165, 1.54) is 29.2 Å². The van der Waals surface area contributed by atoms with Crippen LogP contribution in [0.25, 0.3) is 10.8 Å². The summed E-state index contributed by atoms with van der Waals surface area (Å²) in [6, 6.07) is 16.1. The Bertz CT molecular complexity index is 546. The quantitative estimate of drug-likeness (QED) is 0.852. The van der Waals surface area contributed by atoms with Gasteiger partial charge in [-0.1, -0.05) is 36.4 Å². The van der Waals surface area contributed by atoms with E-state index in [9.17, 15) is 0 Å². The van der Waals surface area contributed by atoms with Gasteiger partial charge >= 0.3 is 0 Å². The largest absolute Gasteiger partial charge is 0.313 e. The van der Waals surface area contributed by atoms with Crippen molar-refractivity contribution >= 4 is 10.8 Å². The monoisotopic (exact) mass is 254 g/mol. The molecule has 1 fully saturated rings. The molecule has 2 nitrogen and oxygen atoms in total. The van der Waals surface area contributed by atoms with E-state index >= 15 is 0 Å². The highest BCUT2D eigenvalue weighted by Crippen LogP contribution is 2.18. The van der Waals surface area contributed by atoms with Crippen molar-refractivity contribution in [1.82, 2.24) is 10.2 Å². The summed E-state index contributed by atoms with van der Waals surface area (Å²) >= 11 is 0. The molecule has 0 bridgehead atoms. The normalized spacial score (nSPS) is 15.3. The molecule has 1 saturated carbocycles. The molecular weight excluding hydrogens is 232 g/mol. The van der Waals surface area contributed by atoms with E-state index in [4.69, 9.17) is 0 Å². The van der Waals surface area contributed by atoms with E-state index in [1.807, 2.05) is 0 Å². The number of fused-ring (bicyclic) bond motifs is 1. The average molecular weight is 254 g/mol. The minimum atomic E-state index is 0.814. The molecule has 3 rings (SSSR count). The first-order chi connectivity index (χ1) is 9.31. The molecule has 1 N–H and O–H groups in total. The molecule has 100 valence electrons. The topological polar surface area (TPSA) is 15.3 Å². The molecule has 0 aliphatic heterocycles. The second-order valence-electron chi connectivity index (χ2n) is 5.65. The maximum absolute atomic E-state index is 3.56. The first-order valence-electron chi connectivity index (χ1n) is 7.21. The second kappa shape index (κ2) is 5.72. The van der Waals surface area contributed by atoms with Crippen LogP contribution in [0, 0.1) is 0 Å². The summed E-state index contributed by atoms with van der Waals surface area (Å²) in [5, 5.41) is 6.22. The molecule has 0 heterocycles. The minimum absolute atomic E-state index is 0.814. The highest BCUT2D eigenvalue weighted by atomic mass is 15.1. The van der Waals surface area contributed by atoms with Crippen molar-refractivity contribution < 1.29 is 0 Å². The third-order valence-electron chi connectivity index (χ3n) is 3.77. The predicted molar refractivity (Wildman–Crippen MR) is 81.3 cm³/mol. The molecule has 2 heteroatoms. The molecule has 2 aromatic rings. The summed E-state index contributed by atoms with van der Waals surface area (Å²) in [7, 11) is 2.20. The predicted octanol–water partition coefficient (Wildman–Crippen LogP) is 3.02. The summed E-state index contributed by atoms with van der Waals surface area (Å²) in [5.74, 6) is 0. The van der Waals surface area contributed by atoms with Crippen LogP contribution >= 0.6 is 0 Å². The smallest absolute Gasteiger partial charge is 0.0231 e. The Morgan fingerprint density at radius 3 is 2.68 bits per heavy atom. The van der Waals surface area contributed by atoms with Crippen LogP contribution in [-0.4, -0.2) is 31.1 Å². The van der Waals surface area contributed by atoms with Crippen LogP contribution < -0.4 is 5.32 Å². The average Bonchev–Trinajstić information content (AvgIpc) is 3.23. The number of hydrogen-bond acceptors (Lipinski definition) is 2. The van der Waals surface area contributed by atoms with Gasteiger partial charge in [0.2, 0.25) is 0 Å². The van der Waals surface area contributed by atoms with Crippen molar-refractivity contribution in [2.24, 2.45) is 0 Å².